The first-order chi connectivity index (χ1) is 15.9. The van der Waals surface area contributed by atoms with Gasteiger partial charge in [0.1, 0.15) is 17.9 Å². The van der Waals surface area contributed by atoms with E-state index in [0.29, 0.717) is 28.3 Å². The van der Waals surface area contributed by atoms with Gasteiger partial charge in [0.15, 0.2) is 5.78 Å². The van der Waals surface area contributed by atoms with E-state index >= 15 is 0 Å². The summed E-state index contributed by atoms with van der Waals surface area (Å²) < 4.78 is 6.68. The number of carbonyl (C=O) groups is 2. The number of ketones is 1. The molecule has 4 rings (SSSR count). The monoisotopic (exact) mass is 441 g/mol. The molecule has 33 heavy (non-hydrogen) atoms. The summed E-state index contributed by atoms with van der Waals surface area (Å²) in [6.07, 6.45) is 1.42. The van der Waals surface area contributed by atoms with Gasteiger partial charge in [0.2, 0.25) is 11.3 Å². The fourth-order valence-electron chi connectivity index (χ4n) is 3.53. The SMILES string of the molecule is COc1ccc(C(=O)c2cn(CC(=O)Nc3ccc(C)cc3)c3nc(C)ccc3c2=O)cc1. The topological polar surface area (TPSA) is 90.3 Å². The number of nitrogens with one attached hydrogen (secondary N) is 1. The van der Waals surface area contributed by atoms with Crippen LogP contribution in [0.25, 0.3) is 11.0 Å². The lowest BCUT2D eigenvalue weighted by molar-refractivity contribution is -0.116. The molecule has 1 N–H and O–H groups in total. The number of ether oxygens (including phenoxy) is 1. The van der Waals surface area contributed by atoms with Crippen LogP contribution in [0.4, 0.5) is 5.69 Å². The Hall–Kier alpha value is -4.26. The first-order valence-corrected chi connectivity index (χ1v) is 10.4. The number of methoxy groups -OCH3 is 1. The van der Waals surface area contributed by atoms with Crippen molar-refractivity contribution in [2.24, 2.45) is 0 Å². The molecule has 0 saturated carbocycles. The van der Waals surface area contributed by atoms with Crippen molar-refractivity contribution in [2.45, 2.75) is 20.4 Å². The van der Waals surface area contributed by atoms with E-state index in [9.17, 15) is 14.4 Å². The van der Waals surface area contributed by atoms with Crippen molar-refractivity contribution in [3.63, 3.8) is 0 Å². The molecular weight excluding hydrogens is 418 g/mol. The first-order valence-electron chi connectivity index (χ1n) is 10.4. The molecule has 2 aromatic carbocycles. The van der Waals surface area contributed by atoms with Gasteiger partial charge < -0.3 is 14.6 Å². The number of nitrogens with zero attached hydrogens (tertiary/aromatic N) is 2. The Morgan fingerprint density at radius 2 is 1.67 bits per heavy atom. The number of pyridine rings is 2. The van der Waals surface area contributed by atoms with Crippen LogP contribution in [0.2, 0.25) is 0 Å². The zero-order valence-corrected chi connectivity index (χ0v) is 18.6. The highest BCUT2D eigenvalue weighted by molar-refractivity contribution is 6.10. The van der Waals surface area contributed by atoms with Crippen LogP contribution in [0.15, 0.2) is 71.7 Å². The number of aryl methyl sites for hydroxylation is 2. The van der Waals surface area contributed by atoms with Crippen molar-refractivity contribution >= 4 is 28.4 Å². The van der Waals surface area contributed by atoms with Gasteiger partial charge >= 0.3 is 0 Å². The summed E-state index contributed by atoms with van der Waals surface area (Å²) in [7, 11) is 1.54. The third kappa shape index (κ3) is 4.67. The second-order valence-electron chi connectivity index (χ2n) is 7.80. The van der Waals surface area contributed by atoms with Gasteiger partial charge in [0.25, 0.3) is 0 Å². The van der Waals surface area contributed by atoms with Gasteiger partial charge in [-0.1, -0.05) is 17.7 Å². The fourth-order valence-corrected chi connectivity index (χ4v) is 3.53. The summed E-state index contributed by atoms with van der Waals surface area (Å²) in [5.41, 5.74) is 2.70. The smallest absolute Gasteiger partial charge is 0.244 e. The number of hydrogen-bond acceptors (Lipinski definition) is 5. The van der Waals surface area contributed by atoms with E-state index < -0.39 is 11.2 Å². The number of amides is 1. The summed E-state index contributed by atoms with van der Waals surface area (Å²) in [6, 6.07) is 17.3. The van der Waals surface area contributed by atoms with Crippen LogP contribution in [0.1, 0.15) is 27.2 Å². The van der Waals surface area contributed by atoms with Crippen LogP contribution in [-0.4, -0.2) is 28.4 Å². The summed E-state index contributed by atoms with van der Waals surface area (Å²) in [5.74, 6) is -0.123. The lowest BCUT2D eigenvalue weighted by atomic mass is 10.0. The van der Waals surface area contributed by atoms with E-state index in [1.54, 1.807) is 47.9 Å². The van der Waals surface area contributed by atoms with Gasteiger partial charge in [0, 0.05) is 23.1 Å². The lowest BCUT2D eigenvalue weighted by Gasteiger charge is -2.13. The number of anilines is 1. The maximum Gasteiger partial charge on any atom is 0.244 e. The molecule has 0 bridgehead atoms. The molecule has 0 fully saturated rings. The third-order valence-corrected chi connectivity index (χ3v) is 5.31. The molecule has 0 unspecified atom stereocenters. The molecule has 0 aliphatic rings. The summed E-state index contributed by atoms with van der Waals surface area (Å²) in [6.45, 7) is 3.66. The van der Waals surface area contributed by atoms with Crippen LogP contribution in [-0.2, 0) is 11.3 Å². The molecule has 7 heteroatoms. The van der Waals surface area contributed by atoms with Crippen LogP contribution in [0.5, 0.6) is 5.75 Å². The largest absolute Gasteiger partial charge is 0.497 e. The van der Waals surface area contributed by atoms with Crippen molar-refractivity contribution < 1.29 is 14.3 Å². The molecular formula is C26H23N3O4. The number of carbonyl (C=O) groups excluding carboxylic acids is 2. The molecule has 0 aliphatic heterocycles. The van der Waals surface area contributed by atoms with Crippen LogP contribution < -0.4 is 15.5 Å². The van der Waals surface area contributed by atoms with Gasteiger partial charge in [-0.25, -0.2) is 4.98 Å². The zero-order valence-electron chi connectivity index (χ0n) is 18.6. The van der Waals surface area contributed by atoms with E-state index in [0.717, 1.165) is 5.56 Å². The molecule has 7 nitrogen and oxygen atoms in total. The summed E-state index contributed by atoms with van der Waals surface area (Å²) >= 11 is 0. The molecule has 166 valence electrons. The highest BCUT2D eigenvalue weighted by Crippen LogP contribution is 2.17. The zero-order chi connectivity index (χ0) is 23.5. The number of benzene rings is 2. The minimum atomic E-state index is -0.433. The Morgan fingerprint density at radius 1 is 0.970 bits per heavy atom. The predicted molar refractivity (Wildman–Crippen MR) is 127 cm³/mol. The summed E-state index contributed by atoms with van der Waals surface area (Å²) in [5, 5.41) is 3.12. The molecule has 0 radical (unpaired) electrons. The Labute approximate surface area is 190 Å². The van der Waals surface area contributed by atoms with Crippen LogP contribution >= 0.6 is 0 Å². The molecule has 4 aromatic rings. The number of hydrogen-bond donors (Lipinski definition) is 1. The van der Waals surface area contributed by atoms with E-state index in [-0.39, 0.29) is 23.4 Å². The predicted octanol–water partition coefficient (Wildman–Crippen LogP) is 3.89. The van der Waals surface area contributed by atoms with Crippen molar-refractivity contribution in [1.82, 2.24) is 9.55 Å². The highest BCUT2D eigenvalue weighted by Gasteiger charge is 2.19. The third-order valence-electron chi connectivity index (χ3n) is 5.31. The first kappa shape index (κ1) is 22.0. The lowest BCUT2D eigenvalue weighted by Crippen LogP contribution is -2.25. The standard InChI is InChI=1S/C26H23N3O4/c1-16-4-9-19(10-5-16)28-23(30)15-29-14-22(24(31)18-7-11-20(33-3)12-8-18)25(32)21-13-6-17(2)27-26(21)29/h4-14H,15H2,1-3H3,(H,28,30). The molecule has 2 aromatic heterocycles. The van der Waals surface area contributed by atoms with E-state index in [1.165, 1.54) is 13.3 Å². The molecule has 0 aliphatic carbocycles. The van der Waals surface area contributed by atoms with Gasteiger partial charge in [-0.2, -0.15) is 0 Å². The van der Waals surface area contributed by atoms with Gasteiger partial charge in [-0.15, -0.1) is 0 Å². The number of fused-ring (bicyclic) bond motifs is 1. The highest BCUT2D eigenvalue weighted by atomic mass is 16.5. The molecule has 0 spiro atoms. The maximum absolute atomic E-state index is 13.2. The van der Waals surface area contributed by atoms with Crippen molar-refractivity contribution in [1.29, 1.82) is 0 Å². The fraction of sp³-hybridized carbons (Fsp3) is 0.154. The average Bonchev–Trinajstić information content (AvgIpc) is 2.82. The molecule has 1 amide bonds. The Balaban J connectivity index is 1.74. The van der Waals surface area contributed by atoms with E-state index in [1.807, 2.05) is 31.2 Å². The average molecular weight is 441 g/mol. The minimum absolute atomic E-state index is 0.0264. The second-order valence-corrected chi connectivity index (χ2v) is 7.80. The molecule has 0 saturated heterocycles. The van der Waals surface area contributed by atoms with Gasteiger partial charge in [-0.05, 0) is 62.4 Å². The number of rotatable bonds is 6. The van der Waals surface area contributed by atoms with Gasteiger partial charge in [0.05, 0.1) is 18.1 Å². The Morgan fingerprint density at radius 3 is 2.33 bits per heavy atom. The molecule has 2 heterocycles. The van der Waals surface area contributed by atoms with Gasteiger partial charge in [-0.3, -0.25) is 14.4 Å². The van der Waals surface area contributed by atoms with E-state index in [2.05, 4.69) is 10.3 Å². The Bertz CT molecular complexity index is 1400. The normalized spacial score (nSPS) is 10.8. The van der Waals surface area contributed by atoms with Crippen molar-refractivity contribution in [2.75, 3.05) is 12.4 Å². The Kier molecular flexibility index (Phi) is 6.04. The minimum Gasteiger partial charge on any atom is -0.497 e. The van der Waals surface area contributed by atoms with Crippen molar-refractivity contribution in [3.05, 3.63) is 99.5 Å². The van der Waals surface area contributed by atoms with Crippen LogP contribution in [0, 0.1) is 13.8 Å². The van der Waals surface area contributed by atoms with Crippen LogP contribution in [0.3, 0.4) is 0 Å². The quantitative estimate of drug-likeness (QED) is 0.459. The van der Waals surface area contributed by atoms with E-state index in [4.69, 9.17) is 4.74 Å². The number of aromatic nitrogens is 2. The molecule has 0 atom stereocenters. The van der Waals surface area contributed by atoms with Crippen molar-refractivity contribution in [3.8, 4) is 5.75 Å². The second kappa shape index (κ2) is 9.08. The summed E-state index contributed by atoms with van der Waals surface area (Å²) in [4.78, 5) is 43.5. The maximum atomic E-state index is 13.2.